The summed E-state index contributed by atoms with van der Waals surface area (Å²) in [7, 11) is 5.86. The largest absolute Gasteiger partial charge is 0.385 e. The first kappa shape index (κ1) is 13.5. The van der Waals surface area contributed by atoms with E-state index in [1.807, 2.05) is 0 Å². The molecule has 0 rings (SSSR count). The molecular formula is C9H23NO. The molecule has 0 aliphatic rings. The highest BCUT2D eigenvalue weighted by molar-refractivity contribution is 4.40. The van der Waals surface area contributed by atoms with Crippen LogP contribution in [0.2, 0.25) is 0 Å². The SMILES string of the molecule is CCC.COCCCN(C)C. The lowest BCUT2D eigenvalue weighted by molar-refractivity contribution is 0.184. The van der Waals surface area contributed by atoms with Gasteiger partial charge in [0.25, 0.3) is 0 Å². The van der Waals surface area contributed by atoms with Crippen molar-refractivity contribution in [3.05, 3.63) is 0 Å². The zero-order chi connectivity index (χ0) is 9.11. The molecule has 0 saturated heterocycles. The zero-order valence-electron chi connectivity index (χ0n) is 8.68. The Balaban J connectivity index is 0. The lowest BCUT2D eigenvalue weighted by Crippen LogP contribution is -2.14. The fourth-order valence-corrected chi connectivity index (χ4v) is 0.525. The van der Waals surface area contributed by atoms with E-state index in [4.69, 9.17) is 4.74 Å². The van der Waals surface area contributed by atoms with E-state index in [1.165, 1.54) is 6.42 Å². The second-order valence-corrected chi connectivity index (χ2v) is 2.86. The maximum Gasteiger partial charge on any atom is 0.0474 e. The molecular weight excluding hydrogens is 138 g/mol. The Bertz CT molecular complexity index is 55.5. The lowest BCUT2D eigenvalue weighted by Gasteiger charge is -2.07. The van der Waals surface area contributed by atoms with Crippen molar-refractivity contribution < 1.29 is 4.74 Å². The fraction of sp³-hybridized carbons (Fsp3) is 1.00. The molecule has 0 aromatic rings. The molecule has 2 heteroatoms. The summed E-state index contributed by atoms with van der Waals surface area (Å²) in [4.78, 5) is 2.15. The minimum absolute atomic E-state index is 0.873. The molecule has 0 aromatic carbocycles. The Hall–Kier alpha value is -0.0800. The maximum absolute atomic E-state index is 4.87. The Morgan fingerprint density at radius 1 is 1.18 bits per heavy atom. The molecule has 11 heavy (non-hydrogen) atoms. The molecule has 0 heterocycles. The standard InChI is InChI=1S/C6H15NO.C3H8/c1-7(2)5-4-6-8-3;1-3-2/h4-6H2,1-3H3;3H2,1-2H3. The van der Waals surface area contributed by atoms with E-state index in [0.717, 1.165) is 19.6 Å². The summed E-state index contributed by atoms with van der Waals surface area (Å²) in [5, 5.41) is 0. The number of methoxy groups -OCH3 is 1. The van der Waals surface area contributed by atoms with Gasteiger partial charge < -0.3 is 9.64 Å². The molecule has 0 amide bonds. The molecule has 0 aromatic heterocycles. The van der Waals surface area contributed by atoms with Crippen molar-refractivity contribution in [1.82, 2.24) is 4.90 Å². The van der Waals surface area contributed by atoms with Crippen LogP contribution in [-0.2, 0) is 4.74 Å². The monoisotopic (exact) mass is 161 g/mol. The molecule has 70 valence electrons. The van der Waals surface area contributed by atoms with E-state index in [-0.39, 0.29) is 0 Å². The zero-order valence-corrected chi connectivity index (χ0v) is 8.68. The number of nitrogens with zero attached hydrogens (tertiary/aromatic N) is 1. The minimum atomic E-state index is 0.873. The van der Waals surface area contributed by atoms with Crippen LogP contribution in [0.5, 0.6) is 0 Å². The molecule has 0 spiro atoms. The van der Waals surface area contributed by atoms with E-state index >= 15 is 0 Å². The van der Waals surface area contributed by atoms with Crippen LogP contribution in [0.3, 0.4) is 0 Å². The third-order valence-electron chi connectivity index (χ3n) is 0.954. The number of ether oxygens (including phenoxy) is 1. The number of hydrogen-bond donors (Lipinski definition) is 0. The number of hydrogen-bond acceptors (Lipinski definition) is 2. The fourth-order valence-electron chi connectivity index (χ4n) is 0.525. The molecule has 0 N–H and O–H groups in total. The van der Waals surface area contributed by atoms with Crippen molar-refractivity contribution in [1.29, 1.82) is 0 Å². The average Bonchev–Trinajstić information content (AvgIpc) is 1.89. The Kier molecular flexibility index (Phi) is 15.4. The summed E-state index contributed by atoms with van der Waals surface area (Å²) in [6.45, 7) is 6.24. The van der Waals surface area contributed by atoms with Gasteiger partial charge in [0.2, 0.25) is 0 Å². The summed E-state index contributed by atoms with van der Waals surface area (Å²) < 4.78 is 4.87. The summed E-state index contributed by atoms with van der Waals surface area (Å²) >= 11 is 0. The predicted molar refractivity (Wildman–Crippen MR) is 51.0 cm³/mol. The highest BCUT2D eigenvalue weighted by Gasteiger charge is 1.86. The van der Waals surface area contributed by atoms with Gasteiger partial charge in [0.1, 0.15) is 0 Å². The molecule has 0 aliphatic heterocycles. The number of rotatable bonds is 4. The molecule has 0 aliphatic carbocycles. The van der Waals surface area contributed by atoms with Crippen LogP contribution >= 0.6 is 0 Å². The van der Waals surface area contributed by atoms with Gasteiger partial charge in [0.15, 0.2) is 0 Å². The summed E-state index contributed by atoms with van der Waals surface area (Å²) in [5.74, 6) is 0. The van der Waals surface area contributed by atoms with Crippen molar-refractivity contribution in [3.63, 3.8) is 0 Å². The quantitative estimate of drug-likeness (QED) is 0.585. The van der Waals surface area contributed by atoms with E-state index < -0.39 is 0 Å². The topological polar surface area (TPSA) is 12.5 Å². The van der Waals surface area contributed by atoms with E-state index in [1.54, 1.807) is 7.11 Å². The third kappa shape index (κ3) is 25.7. The van der Waals surface area contributed by atoms with Crippen molar-refractivity contribution >= 4 is 0 Å². The minimum Gasteiger partial charge on any atom is -0.385 e. The van der Waals surface area contributed by atoms with Crippen LogP contribution in [-0.4, -0.2) is 39.3 Å². The highest BCUT2D eigenvalue weighted by Crippen LogP contribution is 1.81. The van der Waals surface area contributed by atoms with Gasteiger partial charge in [-0.2, -0.15) is 0 Å². The summed E-state index contributed by atoms with van der Waals surface area (Å²) in [5.41, 5.74) is 0. The summed E-state index contributed by atoms with van der Waals surface area (Å²) in [6, 6.07) is 0. The molecule has 0 atom stereocenters. The van der Waals surface area contributed by atoms with Gasteiger partial charge in [-0.3, -0.25) is 0 Å². The van der Waals surface area contributed by atoms with Crippen molar-refractivity contribution in [2.75, 3.05) is 34.4 Å². The van der Waals surface area contributed by atoms with E-state index in [2.05, 4.69) is 32.8 Å². The molecule has 0 unspecified atom stereocenters. The maximum atomic E-state index is 4.87. The Labute approximate surface area is 71.5 Å². The van der Waals surface area contributed by atoms with Gasteiger partial charge in [0.05, 0.1) is 0 Å². The second kappa shape index (κ2) is 12.6. The third-order valence-corrected chi connectivity index (χ3v) is 0.954. The van der Waals surface area contributed by atoms with E-state index in [0.29, 0.717) is 0 Å². The van der Waals surface area contributed by atoms with Gasteiger partial charge in [-0.05, 0) is 27.1 Å². The smallest absolute Gasteiger partial charge is 0.0474 e. The normalized spacial score (nSPS) is 9.27. The second-order valence-electron chi connectivity index (χ2n) is 2.86. The molecule has 0 saturated carbocycles. The first-order valence-corrected chi connectivity index (χ1v) is 4.32. The van der Waals surface area contributed by atoms with Gasteiger partial charge in [-0.15, -0.1) is 0 Å². The van der Waals surface area contributed by atoms with Crippen LogP contribution in [0.25, 0.3) is 0 Å². The van der Waals surface area contributed by atoms with Crippen molar-refractivity contribution in [3.8, 4) is 0 Å². The van der Waals surface area contributed by atoms with Gasteiger partial charge in [0, 0.05) is 13.7 Å². The van der Waals surface area contributed by atoms with Gasteiger partial charge >= 0.3 is 0 Å². The van der Waals surface area contributed by atoms with Crippen LogP contribution in [0.15, 0.2) is 0 Å². The van der Waals surface area contributed by atoms with Crippen molar-refractivity contribution in [2.45, 2.75) is 26.7 Å². The molecule has 0 bridgehead atoms. The molecule has 0 radical (unpaired) electrons. The lowest BCUT2D eigenvalue weighted by atomic mass is 10.4. The predicted octanol–water partition coefficient (Wildman–Crippen LogP) is 2.00. The highest BCUT2D eigenvalue weighted by atomic mass is 16.5. The van der Waals surface area contributed by atoms with E-state index in [9.17, 15) is 0 Å². The van der Waals surface area contributed by atoms with Crippen LogP contribution in [0.1, 0.15) is 26.7 Å². The summed E-state index contributed by atoms with van der Waals surface area (Å²) in [6.07, 6.45) is 2.38. The molecule has 0 fully saturated rings. The first-order valence-electron chi connectivity index (χ1n) is 4.32. The van der Waals surface area contributed by atoms with Gasteiger partial charge in [-0.1, -0.05) is 20.3 Å². The van der Waals surface area contributed by atoms with Crippen LogP contribution in [0.4, 0.5) is 0 Å². The average molecular weight is 161 g/mol. The van der Waals surface area contributed by atoms with Crippen molar-refractivity contribution in [2.24, 2.45) is 0 Å². The van der Waals surface area contributed by atoms with Crippen LogP contribution in [0, 0.1) is 0 Å². The Morgan fingerprint density at radius 2 is 1.64 bits per heavy atom. The first-order chi connectivity index (χ1) is 5.18. The molecule has 2 nitrogen and oxygen atoms in total. The Morgan fingerprint density at radius 3 is 1.91 bits per heavy atom. The van der Waals surface area contributed by atoms with Crippen LogP contribution < -0.4 is 0 Å². The van der Waals surface area contributed by atoms with Gasteiger partial charge in [-0.25, -0.2) is 0 Å².